The number of carbonyl (C=O) groups is 4. The second kappa shape index (κ2) is 15.4. The van der Waals surface area contributed by atoms with E-state index in [1.807, 2.05) is 48.5 Å². The van der Waals surface area contributed by atoms with Gasteiger partial charge in [0.05, 0.1) is 38.9 Å². The number of aromatic nitrogens is 4. The zero-order chi connectivity index (χ0) is 30.6. The second-order valence-electron chi connectivity index (χ2n) is 8.81. The Morgan fingerprint density at radius 3 is 2.02 bits per heavy atom. The Hall–Kier alpha value is -4.84. The molecule has 0 saturated heterocycles. The van der Waals surface area contributed by atoms with Gasteiger partial charge >= 0.3 is 12.2 Å². The lowest BCUT2D eigenvalue weighted by Gasteiger charge is -2.04. The molecule has 2 heterocycles. The summed E-state index contributed by atoms with van der Waals surface area (Å²) in [5, 5.41) is 4.84. The minimum Gasteiger partial charge on any atom is -0.453 e. The normalized spacial score (nSPS) is 10.8. The molecule has 220 valence electrons. The van der Waals surface area contributed by atoms with Crippen molar-refractivity contribution >= 4 is 51.5 Å². The van der Waals surface area contributed by atoms with Gasteiger partial charge in [-0.1, -0.05) is 42.3 Å². The average Bonchev–Trinajstić information content (AvgIpc) is 3.68. The highest BCUT2D eigenvalue weighted by Crippen LogP contribution is 2.24. The van der Waals surface area contributed by atoms with Gasteiger partial charge in [-0.25, -0.2) is 19.6 Å². The number of alkyl carbamates (subject to hydrolysis) is 2. The summed E-state index contributed by atoms with van der Waals surface area (Å²) in [4.78, 5) is 61.0. The van der Waals surface area contributed by atoms with Crippen LogP contribution in [0.1, 0.15) is 17.7 Å². The summed E-state index contributed by atoms with van der Waals surface area (Å²) in [6.07, 6.45) is 2.25. The van der Waals surface area contributed by atoms with Crippen LogP contribution in [0.3, 0.4) is 0 Å². The summed E-state index contributed by atoms with van der Waals surface area (Å²) in [6, 6.07) is 15.8. The first-order chi connectivity index (χ1) is 20.8. The monoisotopic (exact) mass is 618 g/mol. The van der Waals surface area contributed by atoms with Crippen LogP contribution in [0.2, 0.25) is 0 Å². The Morgan fingerprint density at radius 2 is 1.33 bits per heavy atom. The predicted molar refractivity (Wildman–Crippen MR) is 165 cm³/mol. The fraction of sp³-hybridized carbons (Fsp3) is 0.172. The van der Waals surface area contributed by atoms with Crippen LogP contribution < -0.4 is 21.8 Å². The van der Waals surface area contributed by atoms with Gasteiger partial charge in [-0.2, -0.15) is 0 Å². The number of benzene rings is 2. The number of carbonyl (C=O) groups excluding carboxylic acids is 4. The molecule has 4 rings (SSSR count). The maximum Gasteiger partial charge on any atom is 0.407 e. The molecule has 0 fully saturated rings. The summed E-state index contributed by atoms with van der Waals surface area (Å²) in [5.74, 6) is 6.10. The summed E-state index contributed by atoms with van der Waals surface area (Å²) in [7, 11) is 2.14. The summed E-state index contributed by atoms with van der Waals surface area (Å²) in [5.41, 5.74) is 6.08. The molecule has 0 aliphatic carbocycles. The SMILES string of the molecule is COC(=O)NCCC(=O)Pc1ncc(-c2ccc(-c3ccc(C#Cc4cnc(PC(=O)CNC(=O)OC)[nH]4)cc3)cc2)[nH]1. The lowest BCUT2D eigenvalue weighted by Crippen LogP contribution is -2.28. The van der Waals surface area contributed by atoms with Crippen molar-refractivity contribution in [1.82, 2.24) is 30.6 Å². The molecule has 4 N–H and O–H groups in total. The van der Waals surface area contributed by atoms with Gasteiger partial charge in [0.1, 0.15) is 16.8 Å². The molecular weight excluding hydrogens is 590 g/mol. The van der Waals surface area contributed by atoms with Gasteiger partial charge in [-0.3, -0.25) is 9.59 Å². The van der Waals surface area contributed by atoms with Crippen molar-refractivity contribution in [3.8, 4) is 34.2 Å². The summed E-state index contributed by atoms with van der Waals surface area (Å²) >= 11 is 0. The Kier molecular flexibility index (Phi) is 11.1. The van der Waals surface area contributed by atoms with Gasteiger partial charge in [-0.05, 0) is 34.7 Å². The van der Waals surface area contributed by atoms with Crippen LogP contribution in [-0.4, -0.2) is 70.5 Å². The molecule has 12 nitrogen and oxygen atoms in total. The average molecular weight is 619 g/mol. The molecule has 43 heavy (non-hydrogen) atoms. The van der Waals surface area contributed by atoms with Gasteiger partial charge in [0, 0.05) is 35.7 Å². The van der Waals surface area contributed by atoms with Crippen molar-refractivity contribution < 1.29 is 28.7 Å². The maximum atomic E-state index is 12.2. The maximum absolute atomic E-state index is 12.2. The quantitative estimate of drug-likeness (QED) is 0.147. The first-order valence-electron chi connectivity index (χ1n) is 12.9. The summed E-state index contributed by atoms with van der Waals surface area (Å²) < 4.78 is 8.93. The number of hydrogen-bond acceptors (Lipinski definition) is 8. The van der Waals surface area contributed by atoms with E-state index in [9.17, 15) is 19.2 Å². The van der Waals surface area contributed by atoms with Gasteiger partial charge in [-0.15, -0.1) is 0 Å². The number of H-pyrrole nitrogens is 2. The van der Waals surface area contributed by atoms with E-state index in [-0.39, 0.29) is 47.7 Å². The van der Waals surface area contributed by atoms with E-state index in [4.69, 9.17) is 0 Å². The molecule has 0 aliphatic heterocycles. The predicted octanol–water partition coefficient (Wildman–Crippen LogP) is 2.63. The van der Waals surface area contributed by atoms with Crippen LogP contribution >= 0.6 is 17.2 Å². The lowest BCUT2D eigenvalue weighted by molar-refractivity contribution is -0.111. The van der Waals surface area contributed by atoms with Crippen LogP contribution in [0.5, 0.6) is 0 Å². The van der Waals surface area contributed by atoms with Gasteiger partial charge < -0.3 is 30.1 Å². The topological polar surface area (TPSA) is 168 Å². The van der Waals surface area contributed by atoms with Crippen LogP contribution in [0.4, 0.5) is 9.59 Å². The number of nitrogens with zero attached hydrogens (tertiary/aromatic N) is 2. The Labute approximate surface area is 250 Å². The molecule has 0 bridgehead atoms. The molecule has 2 amide bonds. The van der Waals surface area contributed by atoms with Crippen molar-refractivity contribution in [1.29, 1.82) is 0 Å². The third kappa shape index (κ3) is 9.60. The van der Waals surface area contributed by atoms with E-state index in [1.54, 1.807) is 12.4 Å². The Balaban J connectivity index is 1.29. The van der Waals surface area contributed by atoms with Crippen LogP contribution in [0, 0.1) is 11.8 Å². The molecule has 2 aromatic carbocycles. The number of methoxy groups -OCH3 is 2. The lowest BCUT2D eigenvalue weighted by atomic mass is 10.0. The van der Waals surface area contributed by atoms with Crippen LogP contribution in [0.15, 0.2) is 60.9 Å². The fourth-order valence-corrected chi connectivity index (χ4v) is 5.26. The van der Waals surface area contributed by atoms with E-state index in [0.29, 0.717) is 16.8 Å². The summed E-state index contributed by atoms with van der Waals surface area (Å²) in [6.45, 7) is 0.0876. The smallest absolute Gasteiger partial charge is 0.407 e. The molecule has 0 spiro atoms. The zero-order valence-corrected chi connectivity index (χ0v) is 25.2. The second-order valence-corrected chi connectivity index (χ2v) is 11.4. The van der Waals surface area contributed by atoms with Gasteiger partial charge in [0.25, 0.3) is 0 Å². The number of amides is 2. The van der Waals surface area contributed by atoms with Crippen LogP contribution in [0.25, 0.3) is 22.4 Å². The van der Waals surface area contributed by atoms with E-state index in [1.165, 1.54) is 14.2 Å². The third-order valence-electron chi connectivity index (χ3n) is 5.81. The number of hydrogen-bond donors (Lipinski definition) is 4. The van der Waals surface area contributed by atoms with Gasteiger partial charge in [0.15, 0.2) is 11.0 Å². The van der Waals surface area contributed by atoms with Crippen molar-refractivity contribution in [2.45, 2.75) is 6.42 Å². The molecule has 0 saturated carbocycles. The number of nitrogens with one attached hydrogen (secondary N) is 4. The molecule has 0 radical (unpaired) electrons. The molecule has 4 aromatic rings. The number of imidazole rings is 2. The minimum atomic E-state index is -0.660. The number of aromatic amines is 2. The Morgan fingerprint density at radius 1 is 0.744 bits per heavy atom. The fourth-order valence-electron chi connectivity index (χ4n) is 3.65. The molecule has 2 aromatic heterocycles. The van der Waals surface area contributed by atoms with Crippen molar-refractivity contribution in [3.63, 3.8) is 0 Å². The molecule has 14 heteroatoms. The van der Waals surface area contributed by atoms with Crippen molar-refractivity contribution in [2.75, 3.05) is 27.3 Å². The highest BCUT2D eigenvalue weighted by Gasteiger charge is 2.11. The zero-order valence-electron chi connectivity index (χ0n) is 23.2. The molecule has 2 unspecified atom stereocenters. The van der Waals surface area contributed by atoms with Gasteiger partial charge in [0.2, 0.25) is 0 Å². The standard InChI is InChI=1S/C29H28N6O6P2/c1-40-28(38)30-14-13-24(36)42-27-32-16-23(35-27)21-10-8-20(9-11-21)19-6-3-18(4-7-19)5-12-22-15-31-26(34-22)43-25(37)17-33-29(39)41-2/h3-4,6-11,15-16,42-43H,13-14,17H2,1-2H3,(H,30,38)(H,31,34)(H,32,35)(H,33,39). The molecule has 2 atom stereocenters. The highest BCUT2D eigenvalue weighted by molar-refractivity contribution is 7.65. The highest BCUT2D eigenvalue weighted by atomic mass is 31.1. The molecular formula is C29H28N6O6P2. The minimum absolute atomic E-state index is 0.0197. The number of ether oxygens (including phenoxy) is 2. The van der Waals surface area contributed by atoms with E-state index >= 15 is 0 Å². The third-order valence-corrected chi connectivity index (χ3v) is 7.77. The first-order valence-corrected chi connectivity index (χ1v) is 14.9. The number of rotatable bonds is 11. The van der Waals surface area contributed by atoms with Crippen LogP contribution in [-0.2, 0) is 19.1 Å². The Bertz CT molecular complexity index is 1650. The van der Waals surface area contributed by atoms with E-state index in [2.05, 4.69) is 51.9 Å². The van der Waals surface area contributed by atoms with E-state index < -0.39 is 12.2 Å². The van der Waals surface area contributed by atoms with Crippen molar-refractivity contribution in [3.05, 3.63) is 72.2 Å². The largest absolute Gasteiger partial charge is 0.453 e. The van der Waals surface area contributed by atoms with Crippen molar-refractivity contribution in [2.24, 2.45) is 0 Å². The van der Waals surface area contributed by atoms with E-state index in [0.717, 1.165) is 27.9 Å². The first kappa shape index (κ1) is 31.1. The molecule has 0 aliphatic rings.